The molecule has 0 radical (unpaired) electrons. The van der Waals surface area contributed by atoms with Gasteiger partial charge >= 0.3 is 0 Å². The zero-order valence-electron chi connectivity index (χ0n) is 23.9. The van der Waals surface area contributed by atoms with Crippen molar-refractivity contribution in [1.82, 2.24) is 0 Å². The third kappa shape index (κ3) is 2.25. The number of rotatable bonds is 6. The molecule has 0 aromatic heterocycles. The Morgan fingerprint density at radius 1 is 0.342 bits per heavy atom. The second-order valence-corrected chi connectivity index (χ2v) is 11.3. The third-order valence-electron chi connectivity index (χ3n) is 10.8. The van der Waals surface area contributed by atoms with Crippen molar-refractivity contribution in [3.63, 3.8) is 0 Å². The van der Waals surface area contributed by atoms with E-state index >= 15 is 0 Å². The minimum atomic E-state index is -0.389. The summed E-state index contributed by atoms with van der Waals surface area (Å²) in [5.74, 6) is 4.35. The zero-order valence-corrected chi connectivity index (χ0v) is 23.9. The number of benzene rings is 3. The maximum atomic E-state index is 5.83. The lowest BCUT2D eigenvalue weighted by atomic mass is 9.52. The molecule has 3 aromatic carbocycles. The first-order valence-corrected chi connectivity index (χ1v) is 12.9. The lowest BCUT2D eigenvalue weighted by Gasteiger charge is -2.49. The maximum Gasteiger partial charge on any atom is 0.161 e. The van der Waals surface area contributed by atoms with Crippen LogP contribution in [0.4, 0.5) is 0 Å². The smallest absolute Gasteiger partial charge is 0.161 e. The fourth-order valence-corrected chi connectivity index (χ4v) is 8.67. The Bertz CT molecular complexity index is 1230. The molecule has 6 rings (SSSR count). The van der Waals surface area contributed by atoms with Crippen LogP contribution in [-0.2, 0) is 16.2 Å². The lowest BCUT2D eigenvalue weighted by molar-refractivity contribution is 0.0995. The fourth-order valence-electron chi connectivity index (χ4n) is 8.67. The van der Waals surface area contributed by atoms with Crippen LogP contribution in [0.1, 0.15) is 61.1 Å². The van der Waals surface area contributed by atoms with Crippen molar-refractivity contribution >= 4 is 0 Å². The van der Waals surface area contributed by atoms with Crippen LogP contribution in [0.2, 0.25) is 0 Å². The van der Waals surface area contributed by atoms with Gasteiger partial charge in [0.25, 0.3) is 0 Å². The summed E-state index contributed by atoms with van der Waals surface area (Å²) in [5, 5.41) is 0. The Morgan fingerprint density at radius 2 is 0.500 bits per heavy atom. The van der Waals surface area contributed by atoms with E-state index in [0.29, 0.717) is 0 Å². The summed E-state index contributed by atoms with van der Waals surface area (Å²) in [5.41, 5.74) is 5.92. The highest BCUT2D eigenvalue weighted by atomic mass is 16.5. The highest BCUT2D eigenvalue weighted by Gasteiger charge is 2.80. The number of ether oxygens (including phenoxy) is 6. The van der Waals surface area contributed by atoms with Gasteiger partial charge in [-0.1, -0.05) is 27.7 Å². The van der Waals surface area contributed by atoms with Gasteiger partial charge in [-0.05, 0) is 69.8 Å². The molecule has 0 unspecified atom stereocenters. The second-order valence-electron chi connectivity index (χ2n) is 11.3. The fraction of sp³-hybridized carbons (Fsp3) is 0.438. The Balaban J connectivity index is 1.86. The van der Waals surface area contributed by atoms with E-state index in [2.05, 4.69) is 64.1 Å². The first-order chi connectivity index (χ1) is 18.1. The van der Waals surface area contributed by atoms with Crippen molar-refractivity contribution in [2.75, 3.05) is 42.7 Å². The quantitative estimate of drug-likeness (QED) is 0.400. The van der Waals surface area contributed by atoms with Gasteiger partial charge in [-0.3, -0.25) is 0 Å². The summed E-state index contributed by atoms with van der Waals surface area (Å²) in [6.07, 6.45) is 0. The van der Waals surface area contributed by atoms with Crippen molar-refractivity contribution < 1.29 is 28.4 Å². The minimum Gasteiger partial charge on any atom is -0.493 e. The van der Waals surface area contributed by atoms with Gasteiger partial charge in [-0.2, -0.15) is 0 Å². The van der Waals surface area contributed by atoms with Crippen LogP contribution in [0.5, 0.6) is 34.5 Å². The van der Waals surface area contributed by atoms with E-state index in [9.17, 15) is 0 Å². The highest BCUT2D eigenvalue weighted by molar-refractivity contribution is 5.80. The Morgan fingerprint density at radius 3 is 0.632 bits per heavy atom. The van der Waals surface area contributed by atoms with Crippen LogP contribution in [0.25, 0.3) is 0 Å². The predicted octanol–water partition coefficient (Wildman–Crippen LogP) is 6.00. The van der Waals surface area contributed by atoms with Crippen LogP contribution in [0, 0.1) is 5.41 Å². The molecule has 0 atom stereocenters. The van der Waals surface area contributed by atoms with Gasteiger partial charge in [-0.25, -0.2) is 0 Å². The number of fused-ring (bicyclic) bond motifs is 9. The van der Waals surface area contributed by atoms with Crippen molar-refractivity contribution in [3.8, 4) is 34.5 Å². The molecule has 0 saturated carbocycles. The monoisotopic (exact) mass is 516 g/mol. The van der Waals surface area contributed by atoms with Gasteiger partial charge in [0.05, 0.1) is 42.7 Å². The van der Waals surface area contributed by atoms with Gasteiger partial charge < -0.3 is 28.4 Å². The number of hydrogen-bond donors (Lipinski definition) is 0. The summed E-state index contributed by atoms with van der Waals surface area (Å²) in [6.45, 7) is 9.56. The molecule has 6 nitrogen and oxygen atoms in total. The topological polar surface area (TPSA) is 55.4 Å². The van der Waals surface area contributed by atoms with E-state index in [1.165, 1.54) is 33.4 Å². The molecule has 0 fully saturated rings. The molecule has 3 aliphatic rings. The molecule has 200 valence electrons. The third-order valence-corrected chi connectivity index (χ3v) is 10.8. The molecule has 0 saturated heterocycles. The van der Waals surface area contributed by atoms with Crippen LogP contribution < -0.4 is 28.4 Å². The van der Waals surface area contributed by atoms with Gasteiger partial charge in [0.1, 0.15) is 0 Å². The summed E-state index contributed by atoms with van der Waals surface area (Å²) in [7, 11) is 10.2. The predicted molar refractivity (Wildman–Crippen MR) is 146 cm³/mol. The molecule has 38 heavy (non-hydrogen) atoms. The summed E-state index contributed by atoms with van der Waals surface area (Å²) >= 11 is 0. The molecule has 0 bridgehead atoms. The SMILES string of the molecule is COc1cc2c(cc1OC)C1(C)c3cc(OC)c(OC)cc3C3(C)c4cc(OC)c(OC)cc4C2(C)C13C. The number of hydrogen-bond acceptors (Lipinski definition) is 6. The molecular weight excluding hydrogens is 480 g/mol. The molecule has 6 heteroatoms. The zero-order chi connectivity index (χ0) is 27.4. The van der Waals surface area contributed by atoms with Crippen LogP contribution in [-0.4, -0.2) is 42.7 Å². The molecule has 0 heterocycles. The Kier molecular flexibility index (Phi) is 4.90. The molecule has 3 aromatic rings. The standard InChI is InChI=1S/C32H36O6/c1-29-17-11-23(33-5)25(35-7)13-19(17)30(2)21-15-27(37-9)28(38-10)16-22(21)31(3,32(29,30)4)20-14-26(36-8)24(34-6)12-18(20)29/h11-16H,1-10H3. The van der Waals surface area contributed by atoms with Crippen molar-refractivity contribution in [2.45, 2.75) is 43.9 Å². The minimum absolute atomic E-state index is 0.313. The normalized spacial score (nSPS) is 29.2. The van der Waals surface area contributed by atoms with E-state index in [1.54, 1.807) is 42.7 Å². The van der Waals surface area contributed by atoms with E-state index in [0.717, 1.165) is 34.5 Å². The van der Waals surface area contributed by atoms with Crippen LogP contribution >= 0.6 is 0 Å². The van der Waals surface area contributed by atoms with Gasteiger partial charge in [0, 0.05) is 21.7 Å². The van der Waals surface area contributed by atoms with Gasteiger partial charge in [-0.15, -0.1) is 0 Å². The van der Waals surface area contributed by atoms with Gasteiger partial charge in [0.15, 0.2) is 34.5 Å². The maximum absolute atomic E-state index is 5.83. The highest BCUT2D eigenvalue weighted by Crippen LogP contribution is 2.83. The molecule has 0 aliphatic heterocycles. The first kappa shape index (κ1) is 24.8. The molecular formula is C32H36O6. The van der Waals surface area contributed by atoms with E-state index in [1.807, 2.05) is 0 Å². The summed E-state index contributed by atoms with van der Waals surface area (Å²) in [6, 6.07) is 13.1. The number of methoxy groups -OCH3 is 6. The Hall–Kier alpha value is -3.54. The van der Waals surface area contributed by atoms with Crippen molar-refractivity contribution in [3.05, 3.63) is 69.8 Å². The van der Waals surface area contributed by atoms with E-state index < -0.39 is 0 Å². The summed E-state index contributed by atoms with van der Waals surface area (Å²) < 4.78 is 35.0. The Labute approximate surface area is 224 Å². The van der Waals surface area contributed by atoms with Gasteiger partial charge in [0.2, 0.25) is 0 Å². The molecule has 0 N–H and O–H groups in total. The average Bonchev–Trinajstić information content (AvgIpc) is 3.29. The van der Waals surface area contributed by atoms with E-state index in [-0.39, 0.29) is 21.7 Å². The summed E-state index contributed by atoms with van der Waals surface area (Å²) in [4.78, 5) is 0. The molecule has 0 spiro atoms. The van der Waals surface area contributed by atoms with Crippen LogP contribution in [0.3, 0.4) is 0 Å². The second kappa shape index (κ2) is 7.52. The molecule has 3 aliphatic carbocycles. The largest absolute Gasteiger partial charge is 0.493 e. The molecule has 0 amide bonds. The van der Waals surface area contributed by atoms with Crippen molar-refractivity contribution in [2.24, 2.45) is 5.41 Å². The lowest BCUT2D eigenvalue weighted by Crippen LogP contribution is -2.51. The first-order valence-electron chi connectivity index (χ1n) is 12.9. The van der Waals surface area contributed by atoms with Crippen molar-refractivity contribution in [1.29, 1.82) is 0 Å². The van der Waals surface area contributed by atoms with Crippen LogP contribution in [0.15, 0.2) is 36.4 Å². The van der Waals surface area contributed by atoms with E-state index in [4.69, 9.17) is 28.4 Å². The average molecular weight is 517 g/mol.